The van der Waals surface area contributed by atoms with Crippen LogP contribution in [0, 0.1) is 73.4 Å². The van der Waals surface area contributed by atoms with Gasteiger partial charge in [0.05, 0.1) is 22.7 Å². The highest BCUT2D eigenvalue weighted by molar-refractivity contribution is 6.54. The summed E-state index contributed by atoms with van der Waals surface area (Å²) in [4.78, 5) is 20.0. The summed E-state index contributed by atoms with van der Waals surface area (Å²) in [7, 11) is 1.29. The second-order valence-electron chi connectivity index (χ2n) is 5.76. The van der Waals surface area contributed by atoms with E-state index in [0.717, 1.165) is 0 Å². The molecule has 1 rings (SSSR count). The minimum Gasteiger partial charge on any atom is -0.288 e. The predicted octanol–water partition coefficient (Wildman–Crippen LogP) is 3.25. The molecule has 0 fully saturated rings. The molecule has 0 atom stereocenters. The van der Waals surface area contributed by atoms with E-state index in [9.17, 15) is 15.8 Å². The first-order valence-corrected chi connectivity index (χ1v) is 8.71. The molecule has 12 nitrogen and oxygen atoms in total. The van der Waals surface area contributed by atoms with Crippen molar-refractivity contribution >= 4 is 57.0 Å². The second kappa shape index (κ2) is 12.0. The molecule has 156 valence electrons. The molecule has 0 heterocycles. The van der Waals surface area contributed by atoms with Crippen molar-refractivity contribution in [3.63, 3.8) is 0 Å². The van der Waals surface area contributed by atoms with E-state index < -0.39 is 11.4 Å². The monoisotopic (exact) mass is 432 g/mol. The highest BCUT2D eigenvalue weighted by Crippen LogP contribution is 2.40. The van der Waals surface area contributed by atoms with Gasteiger partial charge in [-0.1, -0.05) is 0 Å². The highest BCUT2D eigenvalue weighted by atomic mass is 14.9. The number of rotatable bonds is 6. The van der Waals surface area contributed by atoms with E-state index in [1.807, 2.05) is 12.1 Å². The first-order chi connectivity index (χ1) is 15.8. The normalized spacial score (nSPS) is 12.3. The maximum Gasteiger partial charge on any atom is 0.177 e. The number of nitrogens with zero attached hydrogens (tertiary/aromatic N) is 11. The van der Waals surface area contributed by atoms with Gasteiger partial charge in [0.25, 0.3) is 0 Å². The Morgan fingerprint density at radius 1 is 0.606 bits per heavy atom. The Bertz CT molecular complexity index is 1410. The number of benzene rings is 1. The molecule has 1 aromatic carbocycles. The van der Waals surface area contributed by atoms with Crippen LogP contribution in [-0.4, -0.2) is 41.3 Å². The fourth-order valence-electron chi connectivity index (χ4n) is 2.09. The van der Waals surface area contributed by atoms with Crippen molar-refractivity contribution in [3.8, 4) is 36.4 Å². The van der Waals surface area contributed by atoms with Crippen LogP contribution in [0.15, 0.2) is 37.1 Å². The fourth-order valence-corrected chi connectivity index (χ4v) is 2.09. The molecule has 0 spiro atoms. The SMILES string of the molecule is C/N=C(C#N)\C(C#N)=N/c1cc(/N=C(\C)C#N)c(/N=C(\C)C#N)cc1/N=C(/C#N)C(=N)C#N. The largest absolute Gasteiger partial charge is 0.288 e. The molecule has 0 amide bonds. The Morgan fingerprint density at radius 2 is 1.00 bits per heavy atom. The van der Waals surface area contributed by atoms with Crippen molar-refractivity contribution in [1.82, 2.24) is 0 Å². The molecule has 0 unspecified atom stereocenters. The van der Waals surface area contributed by atoms with Crippen molar-refractivity contribution < 1.29 is 0 Å². The van der Waals surface area contributed by atoms with Crippen LogP contribution in [0.3, 0.4) is 0 Å². The molecule has 0 bridgehead atoms. The zero-order valence-electron chi connectivity index (χ0n) is 17.6. The molecule has 0 aliphatic heterocycles. The maximum atomic E-state index is 9.42. The molecule has 0 saturated heterocycles. The molecule has 0 aliphatic carbocycles. The van der Waals surface area contributed by atoms with Gasteiger partial charge in [-0.15, -0.1) is 0 Å². The van der Waals surface area contributed by atoms with E-state index >= 15 is 0 Å². The Hall–Kier alpha value is -5.82. The molecule has 0 aliphatic rings. The van der Waals surface area contributed by atoms with E-state index in [2.05, 4.69) is 25.0 Å². The van der Waals surface area contributed by atoms with Gasteiger partial charge in [-0.3, -0.25) is 10.4 Å². The Kier molecular flexibility index (Phi) is 9.18. The van der Waals surface area contributed by atoms with Gasteiger partial charge in [0, 0.05) is 7.05 Å². The molecule has 33 heavy (non-hydrogen) atoms. The molecule has 12 heteroatoms. The number of nitrogens with one attached hydrogen (secondary N) is 1. The van der Waals surface area contributed by atoms with Gasteiger partial charge in [-0.2, -0.15) is 31.6 Å². The van der Waals surface area contributed by atoms with Gasteiger partial charge < -0.3 is 0 Å². The topological polar surface area (TPSA) is 228 Å². The third-order valence-corrected chi connectivity index (χ3v) is 3.55. The van der Waals surface area contributed by atoms with Crippen LogP contribution in [0.1, 0.15) is 13.8 Å². The molecular weight excluding hydrogens is 420 g/mol. The smallest absolute Gasteiger partial charge is 0.177 e. The van der Waals surface area contributed by atoms with E-state index in [4.69, 9.17) is 21.2 Å². The molecule has 0 saturated carbocycles. The van der Waals surface area contributed by atoms with Gasteiger partial charge in [0.1, 0.15) is 47.8 Å². The number of aliphatic imine (C=N–C) groups is 5. The zero-order valence-corrected chi connectivity index (χ0v) is 17.6. The summed E-state index contributed by atoms with van der Waals surface area (Å²) in [5.41, 5.74) is -1.87. The third-order valence-electron chi connectivity index (χ3n) is 3.55. The molecular formula is C21H12N12. The predicted molar refractivity (Wildman–Crippen MR) is 121 cm³/mol. The average molecular weight is 432 g/mol. The summed E-state index contributed by atoms with van der Waals surface area (Å²) >= 11 is 0. The van der Waals surface area contributed by atoms with Crippen LogP contribution < -0.4 is 0 Å². The quantitative estimate of drug-likeness (QED) is 0.662. The number of nitriles is 6. The first-order valence-electron chi connectivity index (χ1n) is 8.71. The van der Waals surface area contributed by atoms with Crippen LogP contribution in [-0.2, 0) is 0 Å². The minimum atomic E-state index is -0.721. The summed E-state index contributed by atoms with van der Waals surface area (Å²) in [5.74, 6) is 0. The van der Waals surface area contributed by atoms with Crippen molar-refractivity contribution in [2.45, 2.75) is 13.8 Å². The average Bonchev–Trinajstić information content (AvgIpc) is 2.83. The zero-order chi connectivity index (χ0) is 25.0. The van der Waals surface area contributed by atoms with Gasteiger partial charge in [0.2, 0.25) is 0 Å². The summed E-state index contributed by atoms with van der Waals surface area (Å²) in [5, 5.41) is 62.6. The molecule has 1 aromatic rings. The van der Waals surface area contributed by atoms with Crippen LogP contribution in [0.4, 0.5) is 22.7 Å². The lowest BCUT2D eigenvalue weighted by Crippen LogP contribution is -2.09. The van der Waals surface area contributed by atoms with Gasteiger partial charge in [0.15, 0.2) is 22.8 Å². The van der Waals surface area contributed by atoms with E-state index in [1.165, 1.54) is 39.1 Å². The molecule has 0 radical (unpaired) electrons. The Labute approximate surface area is 188 Å². The van der Waals surface area contributed by atoms with Gasteiger partial charge in [-0.25, -0.2) is 20.0 Å². The number of hydrogen-bond acceptors (Lipinski definition) is 12. The van der Waals surface area contributed by atoms with Crippen LogP contribution in [0.25, 0.3) is 0 Å². The Balaban J connectivity index is 4.20. The van der Waals surface area contributed by atoms with Crippen LogP contribution in [0.5, 0.6) is 0 Å². The third kappa shape index (κ3) is 6.59. The molecule has 0 aromatic heterocycles. The second-order valence-corrected chi connectivity index (χ2v) is 5.76. The summed E-state index contributed by atoms with van der Waals surface area (Å²) in [6.45, 7) is 2.86. The summed E-state index contributed by atoms with van der Waals surface area (Å²) < 4.78 is 0. The van der Waals surface area contributed by atoms with Crippen LogP contribution in [0.2, 0.25) is 0 Å². The molecule has 1 N–H and O–H groups in total. The van der Waals surface area contributed by atoms with E-state index in [-0.39, 0.29) is 45.6 Å². The highest BCUT2D eigenvalue weighted by Gasteiger charge is 2.15. The summed E-state index contributed by atoms with van der Waals surface area (Å²) in [6, 6.07) is 12.8. The van der Waals surface area contributed by atoms with Crippen molar-refractivity contribution in [3.05, 3.63) is 12.1 Å². The first kappa shape index (κ1) is 25.2. The van der Waals surface area contributed by atoms with E-state index in [0.29, 0.717) is 0 Å². The lowest BCUT2D eigenvalue weighted by molar-refractivity contribution is 1.37. The van der Waals surface area contributed by atoms with Gasteiger partial charge in [-0.05, 0) is 26.0 Å². The van der Waals surface area contributed by atoms with Crippen molar-refractivity contribution in [2.24, 2.45) is 25.0 Å². The standard InChI is InChI=1S/C21H12N12/c1-12(6-22)30-15-4-17(32-19(9-25)14(28)8-24)18(5-16(15)31-13(2)7-23)33-21(11-27)20(10-26)29-3/h4-5,28H,1-3H3/b28-14?,29-20-,30-12+,31-13+,32-19-,33-21-. The van der Waals surface area contributed by atoms with Crippen molar-refractivity contribution in [2.75, 3.05) is 7.05 Å². The minimum absolute atomic E-state index is 0.0418. The van der Waals surface area contributed by atoms with Crippen LogP contribution >= 0.6 is 0 Å². The fraction of sp³-hybridized carbons (Fsp3) is 0.143. The maximum absolute atomic E-state index is 9.42. The number of hydrogen-bond donors (Lipinski definition) is 1. The lowest BCUT2D eigenvalue weighted by Gasteiger charge is -2.08. The van der Waals surface area contributed by atoms with E-state index in [1.54, 1.807) is 18.2 Å². The Morgan fingerprint density at radius 3 is 1.33 bits per heavy atom. The van der Waals surface area contributed by atoms with Gasteiger partial charge >= 0.3 is 0 Å². The van der Waals surface area contributed by atoms with Crippen molar-refractivity contribution in [1.29, 1.82) is 37.0 Å². The summed E-state index contributed by atoms with van der Waals surface area (Å²) in [6.07, 6.45) is 0. The lowest BCUT2D eigenvalue weighted by atomic mass is 10.1.